The van der Waals surface area contributed by atoms with Crippen LogP contribution in [0.1, 0.15) is 34.0 Å². The SMILES string of the molecule is CCN(Cc1ccccc1C)C(=O)c1ccc2c(c1)CCN2. The lowest BCUT2D eigenvalue weighted by Gasteiger charge is -2.22. The zero-order valence-corrected chi connectivity index (χ0v) is 13.2. The number of amides is 1. The van der Waals surface area contributed by atoms with Gasteiger partial charge in [0.2, 0.25) is 0 Å². The van der Waals surface area contributed by atoms with Gasteiger partial charge in [-0.2, -0.15) is 0 Å². The van der Waals surface area contributed by atoms with Crippen molar-refractivity contribution >= 4 is 11.6 Å². The first-order valence-electron chi connectivity index (χ1n) is 7.89. The minimum absolute atomic E-state index is 0.112. The number of benzene rings is 2. The van der Waals surface area contributed by atoms with Crippen molar-refractivity contribution in [1.82, 2.24) is 4.90 Å². The molecule has 0 radical (unpaired) electrons. The fourth-order valence-electron chi connectivity index (χ4n) is 2.94. The molecule has 1 aliphatic heterocycles. The number of hydrogen-bond acceptors (Lipinski definition) is 2. The molecule has 0 atom stereocenters. The third-order valence-electron chi connectivity index (χ3n) is 4.35. The van der Waals surface area contributed by atoms with Crippen molar-refractivity contribution in [1.29, 1.82) is 0 Å². The summed E-state index contributed by atoms with van der Waals surface area (Å²) < 4.78 is 0. The van der Waals surface area contributed by atoms with Crippen LogP contribution < -0.4 is 5.32 Å². The monoisotopic (exact) mass is 294 g/mol. The van der Waals surface area contributed by atoms with Crippen LogP contribution in [0.15, 0.2) is 42.5 Å². The molecule has 1 aliphatic rings. The third-order valence-corrected chi connectivity index (χ3v) is 4.35. The van der Waals surface area contributed by atoms with Crippen molar-refractivity contribution in [3.05, 3.63) is 64.7 Å². The molecule has 2 aromatic carbocycles. The number of carbonyl (C=O) groups is 1. The molecular weight excluding hydrogens is 272 g/mol. The highest BCUT2D eigenvalue weighted by Crippen LogP contribution is 2.24. The van der Waals surface area contributed by atoms with Crippen molar-refractivity contribution in [3.8, 4) is 0 Å². The van der Waals surface area contributed by atoms with E-state index in [1.807, 2.05) is 42.2 Å². The van der Waals surface area contributed by atoms with Gasteiger partial charge in [0.15, 0.2) is 0 Å². The minimum Gasteiger partial charge on any atom is -0.384 e. The molecule has 0 fully saturated rings. The molecular formula is C19H22N2O. The van der Waals surface area contributed by atoms with E-state index in [2.05, 4.69) is 24.4 Å². The summed E-state index contributed by atoms with van der Waals surface area (Å²) in [7, 11) is 0. The molecule has 1 N–H and O–H groups in total. The standard InChI is InChI=1S/C19H22N2O/c1-3-21(13-17-7-5-4-6-14(17)2)19(22)16-8-9-18-15(12-16)10-11-20-18/h4-9,12,20H,3,10-11,13H2,1-2H3. The molecule has 0 saturated heterocycles. The molecule has 0 spiro atoms. The van der Waals surface area contributed by atoms with Gasteiger partial charge in [-0.15, -0.1) is 0 Å². The number of hydrogen-bond donors (Lipinski definition) is 1. The summed E-state index contributed by atoms with van der Waals surface area (Å²) in [5.41, 5.74) is 5.64. The van der Waals surface area contributed by atoms with E-state index in [4.69, 9.17) is 0 Å². The summed E-state index contributed by atoms with van der Waals surface area (Å²) in [6, 6.07) is 14.2. The Morgan fingerprint density at radius 3 is 2.82 bits per heavy atom. The average molecular weight is 294 g/mol. The van der Waals surface area contributed by atoms with Gasteiger partial charge in [-0.05, 0) is 55.2 Å². The second kappa shape index (κ2) is 6.22. The minimum atomic E-state index is 0.112. The van der Waals surface area contributed by atoms with Gasteiger partial charge >= 0.3 is 0 Å². The van der Waals surface area contributed by atoms with Crippen LogP contribution in [0.2, 0.25) is 0 Å². The maximum atomic E-state index is 12.8. The Hall–Kier alpha value is -2.29. The summed E-state index contributed by atoms with van der Waals surface area (Å²) in [6.45, 7) is 6.47. The summed E-state index contributed by atoms with van der Waals surface area (Å²) in [4.78, 5) is 14.7. The lowest BCUT2D eigenvalue weighted by molar-refractivity contribution is 0.0752. The van der Waals surface area contributed by atoms with Crippen molar-refractivity contribution in [2.45, 2.75) is 26.8 Å². The van der Waals surface area contributed by atoms with E-state index >= 15 is 0 Å². The predicted octanol–water partition coefficient (Wildman–Crippen LogP) is 3.63. The van der Waals surface area contributed by atoms with Crippen LogP contribution in [0.4, 0.5) is 5.69 Å². The Kier molecular flexibility index (Phi) is 4.14. The van der Waals surface area contributed by atoms with Gasteiger partial charge in [0.25, 0.3) is 5.91 Å². The van der Waals surface area contributed by atoms with Crippen molar-refractivity contribution in [2.75, 3.05) is 18.4 Å². The maximum absolute atomic E-state index is 12.8. The van der Waals surface area contributed by atoms with Crippen molar-refractivity contribution < 1.29 is 4.79 Å². The molecule has 1 heterocycles. The lowest BCUT2D eigenvalue weighted by atomic mass is 10.1. The van der Waals surface area contributed by atoms with Crippen LogP contribution in [0.5, 0.6) is 0 Å². The van der Waals surface area contributed by atoms with Gasteiger partial charge in [-0.3, -0.25) is 4.79 Å². The first-order valence-corrected chi connectivity index (χ1v) is 7.89. The predicted molar refractivity (Wildman–Crippen MR) is 90.2 cm³/mol. The van der Waals surface area contributed by atoms with Gasteiger partial charge in [-0.25, -0.2) is 0 Å². The number of aryl methyl sites for hydroxylation is 1. The van der Waals surface area contributed by atoms with Crippen LogP contribution in [0.3, 0.4) is 0 Å². The van der Waals surface area contributed by atoms with E-state index < -0.39 is 0 Å². The molecule has 3 nitrogen and oxygen atoms in total. The highest BCUT2D eigenvalue weighted by atomic mass is 16.2. The van der Waals surface area contributed by atoms with Crippen molar-refractivity contribution in [3.63, 3.8) is 0 Å². The number of rotatable bonds is 4. The zero-order chi connectivity index (χ0) is 15.5. The zero-order valence-electron chi connectivity index (χ0n) is 13.2. The molecule has 114 valence electrons. The van der Waals surface area contributed by atoms with E-state index in [9.17, 15) is 4.79 Å². The summed E-state index contributed by atoms with van der Waals surface area (Å²) in [5, 5.41) is 3.33. The van der Waals surface area contributed by atoms with Gasteiger partial charge in [0.05, 0.1) is 0 Å². The molecule has 0 unspecified atom stereocenters. The molecule has 0 aliphatic carbocycles. The Morgan fingerprint density at radius 1 is 1.23 bits per heavy atom. The van der Waals surface area contributed by atoms with Crippen LogP contribution in [0, 0.1) is 6.92 Å². The molecule has 1 amide bonds. The molecule has 0 saturated carbocycles. The number of carbonyl (C=O) groups excluding carboxylic acids is 1. The van der Waals surface area contributed by atoms with E-state index in [-0.39, 0.29) is 5.91 Å². The number of nitrogens with zero attached hydrogens (tertiary/aromatic N) is 1. The Labute approximate surface area is 132 Å². The molecule has 3 rings (SSSR count). The quantitative estimate of drug-likeness (QED) is 0.934. The molecule has 2 aromatic rings. The smallest absolute Gasteiger partial charge is 0.254 e. The molecule has 22 heavy (non-hydrogen) atoms. The largest absolute Gasteiger partial charge is 0.384 e. The van der Waals surface area contributed by atoms with Gasteiger partial charge in [-0.1, -0.05) is 24.3 Å². The van der Waals surface area contributed by atoms with Crippen LogP contribution >= 0.6 is 0 Å². The van der Waals surface area contributed by atoms with Gasteiger partial charge in [0, 0.05) is 30.9 Å². The topological polar surface area (TPSA) is 32.3 Å². The van der Waals surface area contributed by atoms with E-state index in [1.165, 1.54) is 22.4 Å². The Bertz CT molecular complexity index is 694. The summed E-state index contributed by atoms with van der Waals surface area (Å²) >= 11 is 0. The fourth-order valence-corrected chi connectivity index (χ4v) is 2.94. The van der Waals surface area contributed by atoms with E-state index in [0.29, 0.717) is 13.1 Å². The number of fused-ring (bicyclic) bond motifs is 1. The Balaban J connectivity index is 1.81. The first-order chi connectivity index (χ1) is 10.7. The maximum Gasteiger partial charge on any atom is 0.254 e. The summed E-state index contributed by atoms with van der Waals surface area (Å²) in [5.74, 6) is 0.112. The number of anilines is 1. The Morgan fingerprint density at radius 2 is 2.05 bits per heavy atom. The second-order valence-electron chi connectivity index (χ2n) is 5.79. The van der Waals surface area contributed by atoms with Gasteiger partial charge in [0.1, 0.15) is 0 Å². The van der Waals surface area contributed by atoms with Crippen LogP contribution in [-0.2, 0) is 13.0 Å². The molecule has 3 heteroatoms. The second-order valence-corrected chi connectivity index (χ2v) is 5.79. The fraction of sp³-hybridized carbons (Fsp3) is 0.316. The number of nitrogens with one attached hydrogen (secondary N) is 1. The van der Waals surface area contributed by atoms with Crippen LogP contribution in [-0.4, -0.2) is 23.9 Å². The van der Waals surface area contributed by atoms with E-state index in [1.54, 1.807) is 0 Å². The normalized spacial score (nSPS) is 12.6. The highest BCUT2D eigenvalue weighted by Gasteiger charge is 2.18. The van der Waals surface area contributed by atoms with Gasteiger partial charge < -0.3 is 10.2 Å². The first kappa shape index (κ1) is 14.6. The van der Waals surface area contributed by atoms with Crippen molar-refractivity contribution in [2.24, 2.45) is 0 Å². The summed E-state index contributed by atoms with van der Waals surface area (Å²) in [6.07, 6.45) is 1.00. The van der Waals surface area contributed by atoms with Crippen LogP contribution in [0.25, 0.3) is 0 Å². The molecule has 0 aromatic heterocycles. The lowest BCUT2D eigenvalue weighted by Crippen LogP contribution is -2.30. The highest BCUT2D eigenvalue weighted by molar-refractivity contribution is 5.95. The average Bonchev–Trinajstić information content (AvgIpc) is 3.01. The molecule has 0 bridgehead atoms. The van der Waals surface area contributed by atoms with E-state index in [0.717, 1.165) is 18.5 Å². The third kappa shape index (κ3) is 2.84.